The number of anilines is 1. The third-order valence-corrected chi connectivity index (χ3v) is 3.84. The molecule has 1 amide bonds. The highest BCUT2D eigenvalue weighted by molar-refractivity contribution is 5.98. The maximum Gasteiger partial charge on any atom is 0.271 e. The van der Waals surface area contributed by atoms with E-state index in [-0.39, 0.29) is 5.91 Å². The lowest BCUT2D eigenvalue weighted by molar-refractivity contribution is 0.0949. The van der Waals surface area contributed by atoms with Gasteiger partial charge >= 0.3 is 0 Å². The van der Waals surface area contributed by atoms with Crippen LogP contribution in [0.4, 0.5) is 5.69 Å². The van der Waals surface area contributed by atoms with Crippen LogP contribution in [-0.2, 0) is 6.42 Å². The fraction of sp³-hybridized carbons (Fsp3) is 0.294. The number of fused-ring (bicyclic) bond motifs is 1. The lowest BCUT2D eigenvalue weighted by Crippen LogP contribution is -2.43. The summed E-state index contributed by atoms with van der Waals surface area (Å²) in [7, 11) is 1.77. The van der Waals surface area contributed by atoms with Crippen molar-refractivity contribution in [3.8, 4) is 0 Å². The van der Waals surface area contributed by atoms with Gasteiger partial charge in [0, 0.05) is 44.8 Å². The average molecular weight is 324 g/mol. The Morgan fingerprint density at radius 2 is 2.08 bits per heavy atom. The molecule has 1 aromatic heterocycles. The monoisotopic (exact) mass is 324 g/mol. The highest BCUT2D eigenvalue weighted by atomic mass is 16.1. The van der Waals surface area contributed by atoms with Crippen molar-refractivity contribution in [1.82, 2.24) is 20.6 Å². The van der Waals surface area contributed by atoms with Crippen LogP contribution in [0.25, 0.3) is 0 Å². The molecule has 0 atom stereocenters. The number of carbonyl (C=O) groups excluding carboxylic acids is 1. The van der Waals surface area contributed by atoms with Gasteiger partial charge in [-0.25, -0.2) is 4.98 Å². The molecule has 1 aliphatic heterocycles. The normalized spacial score (nSPS) is 13.5. The highest BCUT2D eigenvalue weighted by Crippen LogP contribution is 2.27. The number of carbonyl (C=O) groups is 1. The van der Waals surface area contributed by atoms with Gasteiger partial charge in [0.05, 0.1) is 6.20 Å². The molecule has 2 heterocycles. The zero-order valence-corrected chi connectivity index (χ0v) is 13.6. The molecule has 1 aliphatic rings. The molecule has 0 spiro atoms. The van der Waals surface area contributed by atoms with E-state index in [2.05, 4.69) is 48.7 Å². The number of benzene rings is 1. The van der Waals surface area contributed by atoms with E-state index in [0.717, 1.165) is 18.9 Å². The van der Waals surface area contributed by atoms with Gasteiger partial charge in [-0.15, -0.1) is 0 Å². The van der Waals surface area contributed by atoms with E-state index in [1.54, 1.807) is 7.05 Å². The minimum Gasteiger partial charge on any atom is -0.354 e. The van der Waals surface area contributed by atoms with Gasteiger partial charge in [0.25, 0.3) is 5.91 Å². The van der Waals surface area contributed by atoms with E-state index in [1.165, 1.54) is 29.8 Å². The summed E-state index contributed by atoms with van der Waals surface area (Å²) in [5, 5.41) is 6.09. The molecule has 2 N–H and O–H groups in total. The molecule has 124 valence electrons. The van der Waals surface area contributed by atoms with Gasteiger partial charge in [0.15, 0.2) is 5.96 Å². The summed E-state index contributed by atoms with van der Waals surface area (Å²) in [5.74, 6) is 0.583. The Morgan fingerprint density at radius 3 is 2.88 bits per heavy atom. The first kappa shape index (κ1) is 15.9. The summed E-state index contributed by atoms with van der Waals surface area (Å²) >= 11 is 0. The molecule has 2 aromatic rings. The second-order valence-electron chi connectivity index (χ2n) is 5.35. The van der Waals surface area contributed by atoms with Crippen molar-refractivity contribution in [3.05, 3.63) is 54.1 Å². The zero-order chi connectivity index (χ0) is 16.8. The number of rotatable bonds is 4. The summed E-state index contributed by atoms with van der Waals surface area (Å²) in [5.41, 5.74) is 2.83. The van der Waals surface area contributed by atoms with Crippen molar-refractivity contribution >= 4 is 17.6 Å². The molecule has 0 unspecified atom stereocenters. The molecule has 0 bridgehead atoms. The lowest BCUT2D eigenvalue weighted by Gasteiger charge is -2.22. The van der Waals surface area contributed by atoms with E-state index >= 15 is 0 Å². The first-order valence-corrected chi connectivity index (χ1v) is 7.90. The predicted octanol–water partition coefficient (Wildman–Crippen LogP) is 0.845. The molecule has 0 aliphatic carbocycles. The maximum atomic E-state index is 11.9. The topological polar surface area (TPSA) is 82.5 Å². The SMILES string of the molecule is CN=C(NCCNC(=O)c1cnccn1)N1CCc2ccccc21. The van der Waals surface area contributed by atoms with Gasteiger partial charge in [-0.1, -0.05) is 18.2 Å². The Morgan fingerprint density at radius 1 is 1.25 bits per heavy atom. The molecule has 7 nitrogen and oxygen atoms in total. The number of hydrogen-bond acceptors (Lipinski definition) is 4. The molecular weight excluding hydrogens is 304 g/mol. The Hall–Kier alpha value is -2.96. The Kier molecular flexibility index (Phi) is 5.00. The fourth-order valence-electron chi connectivity index (χ4n) is 2.71. The van der Waals surface area contributed by atoms with Gasteiger partial charge in [0.1, 0.15) is 5.69 Å². The summed E-state index contributed by atoms with van der Waals surface area (Å²) in [6, 6.07) is 8.33. The lowest BCUT2D eigenvalue weighted by atomic mass is 10.2. The van der Waals surface area contributed by atoms with Crippen molar-refractivity contribution in [2.45, 2.75) is 6.42 Å². The first-order valence-electron chi connectivity index (χ1n) is 7.90. The van der Waals surface area contributed by atoms with Crippen LogP contribution in [0.1, 0.15) is 16.1 Å². The van der Waals surface area contributed by atoms with Crippen molar-refractivity contribution in [1.29, 1.82) is 0 Å². The third kappa shape index (κ3) is 3.51. The maximum absolute atomic E-state index is 11.9. The number of hydrogen-bond donors (Lipinski definition) is 2. The molecule has 0 saturated heterocycles. The number of nitrogens with one attached hydrogen (secondary N) is 2. The van der Waals surface area contributed by atoms with Crippen molar-refractivity contribution in [3.63, 3.8) is 0 Å². The summed E-state index contributed by atoms with van der Waals surface area (Å²) in [4.78, 5) is 26.3. The largest absolute Gasteiger partial charge is 0.354 e. The summed E-state index contributed by atoms with van der Waals surface area (Å²) in [6.45, 7) is 1.96. The van der Waals surface area contributed by atoms with Crippen LogP contribution in [0.2, 0.25) is 0 Å². The van der Waals surface area contributed by atoms with Gasteiger partial charge in [0.2, 0.25) is 0 Å². The van der Waals surface area contributed by atoms with Crippen LogP contribution in [0.5, 0.6) is 0 Å². The highest BCUT2D eigenvalue weighted by Gasteiger charge is 2.22. The standard InChI is InChI=1S/C17H20N6O/c1-18-17(23-11-6-13-4-2-3-5-15(13)23)22-10-9-21-16(24)14-12-19-7-8-20-14/h2-5,7-8,12H,6,9-11H2,1H3,(H,18,22)(H,21,24). The summed E-state index contributed by atoms with van der Waals surface area (Å²) < 4.78 is 0. The van der Waals surface area contributed by atoms with Crippen LogP contribution in [0.15, 0.2) is 47.8 Å². The predicted molar refractivity (Wildman–Crippen MR) is 93.2 cm³/mol. The Bertz CT molecular complexity index is 731. The number of guanidine groups is 1. The molecule has 0 fully saturated rings. The van der Waals surface area contributed by atoms with Crippen LogP contribution in [0, 0.1) is 0 Å². The zero-order valence-electron chi connectivity index (χ0n) is 13.6. The number of amides is 1. The number of para-hydroxylation sites is 1. The van der Waals surface area contributed by atoms with Crippen molar-refractivity contribution < 1.29 is 4.79 Å². The van der Waals surface area contributed by atoms with Crippen molar-refractivity contribution in [2.75, 3.05) is 31.6 Å². The number of nitrogens with zero attached hydrogens (tertiary/aromatic N) is 4. The van der Waals surface area contributed by atoms with Gasteiger partial charge < -0.3 is 15.5 Å². The molecule has 1 aromatic carbocycles. The van der Waals surface area contributed by atoms with Crippen molar-refractivity contribution in [2.24, 2.45) is 4.99 Å². The Balaban J connectivity index is 1.50. The van der Waals surface area contributed by atoms with Crippen LogP contribution >= 0.6 is 0 Å². The second-order valence-corrected chi connectivity index (χ2v) is 5.35. The van der Waals surface area contributed by atoms with Crippen LogP contribution in [0.3, 0.4) is 0 Å². The van der Waals surface area contributed by atoms with Gasteiger partial charge in [-0.3, -0.25) is 14.8 Å². The molecule has 0 radical (unpaired) electrons. The van der Waals surface area contributed by atoms with E-state index in [1.807, 2.05) is 6.07 Å². The molecule has 3 rings (SSSR count). The van der Waals surface area contributed by atoms with Crippen LogP contribution < -0.4 is 15.5 Å². The quantitative estimate of drug-likeness (QED) is 0.495. The summed E-state index contributed by atoms with van der Waals surface area (Å²) in [6.07, 6.45) is 5.50. The van der Waals surface area contributed by atoms with E-state index in [4.69, 9.17) is 0 Å². The van der Waals surface area contributed by atoms with Crippen LogP contribution in [-0.4, -0.2) is 48.5 Å². The van der Waals surface area contributed by atoms with E-state index in [0.29, 0.717) is 18.8 Å². The number of aliphatic imine (C=N–C) groups is 1. The molecule has 7 heteroatoms. The van der Waals surface area contributed by atoms with E-state index < -0.39 is 0 Å². The minimum atomic E-state index is -0.230. The Labute approximate surface area is 140 Å². The molecule has 0 saturated carbocycles. The fourth-order valence-corrected chi connectivity index (χ4v) is 2.71. The average Bonchev–Trinajstić information content (AvgIpc) is 3.06. The smallest absolute Gasteiger partial charge is 0.271 e. The van der Waals surface area contributed by atoms with Gasteiger partial charge in [-0.2, -0.15) is 0 Å². The number of aromatic nitrogens is 2. The third-order valence-electron chi connectivity index (χ3n) is 3.84. The minimum absolute atomic E-state index is 0.230. The molecular formula is C17H20N6O. The second kappa shape index (κ2) is 7.54. The van der Waals surface area contributed by atoms with Gasteiger partial charge in [-0.05, 0) is 18.1 Å². The molecule has 24 heavy (non-hydrogen) atoms. The first-order chi connectivity index (χ1) is 11.8. The van der Waals surface area contributed by atoms with E-state index in [9.17, 15) is 4.79 Å².